The number of hydrogen-bond acceptors (Lipinski definition) is 3. The zero-order chi connectivity index (χ0) is 14.4. The van der Waals surface area contributed by atoms with Gasteiger partial charge in [-0.2, -0.15) is 0 Å². The van der Waals surface area contributed by atoms with Crippen molar-refractivity contribution < 1.29 is 14.6 Å². The topological polar surface area (TPSA) is 59.4 Å². The second-order valence-corrected chi connectivity index (χ2v) is 4.60. The third kappa shape index (κ3) is 3.82. The normalized spacial score (nSPS) is 11.8. The molecule has 0 bridgehead atoms. The Bertz CT molecular complexity index is 569. The summed E-state index contributed by atoms with van der Waals surface area (Å²) in [5.74, 6) is -0.790. The minimum absolute atomic E-state index is 0.390. The molecular formula is C16H17NO3. The van der Waals surface area contributed by atoms with Crippen molar-refractivity contribution in [2.45, 2.75) is 12.8 Å². The summed E-state index contributed by atoms with van der Waals surface area (Å²) in [6, 6.07) is 15.0. The van der Waals surface area contributed by atoms with E-state index in [9.17, 15) is 9.90 Å². The summed E-state index contributed by atoms with van der Waals surface area (Å²) in [6.45, 7) is 0. The lowest BCUT2D eigenvalue weighted by molar-refractivity contribution is -0.141. The van der Waals surface area contributed by atoms with Gasteiger partial charge in [0, 0.05) is 18.2 Å². The maximum absolute atomic E-state index is 11.4. The predicted octanol–water partition coefficient (Wildman–Crippen LogP) is 2.58. The summed E-state index contributed by atoms with van der Waals surface area (Å²) < 4.78 is 5.06. The predicted molar refractivity (Wildman–Crippen MR) is 75.8 cm³/mol. The second kappa shape index (κ2) is 6.70. The molecule has 2 aromatic rings. The lowest BCUT2D eigenvalue weighted by Gasteiger charge is -2.12. The molecule has 0 saturated heterocycles. The number of carbonyl (C=O) groups is 1. The van der Waals surface area contributed by atoms with Crippen LogP contribution in [0.2, 0.25) is 0 Å². The van der Waals surface area contributed by atoms with Gasteiger partial charge in [-0.15, -0.1) is 0 Å². The first-order valence-corrected chi connectivity index (χ1v) is 6.45. The van der Waals surface area contributed by atoms with E-state index >= 15 is 0 Å². The van der Waals surface area contributed by atoms with E-state index in [4.69, 9.17) is 4.74 Å². The average molecular weight is 271 g/mol. The van der Waals surface area contributed by atoms with Crippen LogP contribution in [0.3, 0.4) is 0 Å². The Kier molecular flexibility index (Phi) is 4.71. The smallest absolute Gasteiger partial charge is 0.307 e. The Hall–Kier alpha value is -2.36. The third-order valence-electron chi connectivity index (χ3n) is 3.12. The van der Waals surface area contributed by atoms with Gasteiger partial charge in [-0.1, -0.05) is 36.4 Å². The molecule has 1 atom stereocenters. The largest absolute Gasteiger partial charge is 0.481 e. The first kappa shape index (κ1) is 14.1. The van der Waals surface area contributed by atoms with Crippen molar-refractivity contribution in [3.8, 4) is 5.88 Å². The third-order valence-corrected chi connectivity index (χ3v) is 3.12. The van der Waals surface area contributed by atoms with Gasteiger partial charge in [0.25, 0.3) is 0 Å². The number of pyridine rings is 1. The van der Waals surface area contributed by atoms with E-state index in [1.165, 1.54) is 0 Å². The maximum atomic E-state index is 11.4. The van der Waals surface area contributed by atoms with Crippen LogP contribution >= 0.6 is 0 Å². The average Bonchev–Trinajstić information content (AvgIpc) is 2.48. The number of ether oxygens (including phenoxy) is 1. The fourth-order valence-electron chi connectivity index (χ4n) is 2.08. The molecule has 1 unspecified atom stereocenters. The summed E-state index contributed by atoms with van der Waals surface area (Å²) in [4.78, 5) is 15.7. The fourth-order valence-corrected chi connectivity index (χ4v) is 2.08. The van der Waals surface area contributed by atoms with E-state index in [0.717, 1.165) is 11.3 Å². The Labute approximate surface area is 118 Å². The van der Waals surface area contributed by atoms with Gasteiger partial charge in [0.05, 0.1) is 13.0 Å². The number of aromatic nitrogens is 1. The highest BCUT2D eigenvalue weighted by molar-refractivity contribution is 5.70. The van der Waals surface area contributed by atoms with Gasteiger partial charge in [-0.3, -0.25) is 4.79 Å². The van der Waals surface area contributed by atoms with Crippen LogP contribution in [0.1, 0.15) is 11.3 Å². The number of carboxylic acids is 1. The fraction of sp³-hybridized carbons (Fsp3) is 0.250. The number of rotatable bonds is 6. The van der Waals surface area contributed by atoms with Crippen LogP contribution in [-0.2, 0) is 17.6 Å². The van der Waals surface area contributed by atoms with Crippen molar-refractivity contribution in [2.75, 3.05) is 7.11 Å². The molecule has 0 spiro atoms. The highest BCUT2D eigenvalue weighted by Gasteiger charge is 2.19. The van der Waals surface area contributed by atoms with E-state index in [-0.39, 0.29) is 0 Å². The molecular weight excluding hydrogens is 254 g/mol. The van der Waals surface area contributed by atoms with Gasteiger partial charge in [0.1, 0.15) is 0 Å². The van der Waals surface area contributed by atoms with Crippen LogP contribution in [0.15, 0.2) is 48.5 Å². The Morgan fingerprint density at radius 2 is 1.90 bits per heavy atom. The van der Waals surface area contributed by atoms with Crippen molar-refractivity contribution in [2.24, 2.45) is 5.92 Å². The highest BCUT2D eigenvalue weighted by Crippen LogP contribution is 2.16. The molecule has 0 aliphatic rings. The molecule has 20 heavy (non-hydrogen) atoms. The zero-order valence-electron chi connectivity index (χ0n) is 11.3. The summed E-state index contributed by atoms with van der Waals surface area (Å²) in [5.41, 5.74) is 1.75. The first-order valence-electron chi connectivity index (χ1n) is 6.45. The van der Waals surface area contributed by atoms with Crippen LogP contribution in [-0.4, -0.2) is 23.2 Å². The van der Waals surface area contributed by atoms with E-state index in [1.807, 2.05) is 42.5 Å². The van der Waals surface area contributed by atoms with Crippen LogP contribution in [0, 0.1) is 5.92 Å². The number of hydrogen-bond donors (Lipinski definition) is 1. The molecule has 1 aromatic carbocycles. The minimum Gasteiger partial charge on any atom is -0.481 e. The van der Waals surface area contributed by atoms with Crippen LogP contribution < -0.4 is 4.74 Å². The first-order chi connectivity index (χ1) is 9.69. The summed E-state index contributed by atoms with van der Waals surface area (Å²) in [6.07, 6.45) is 0.885. The molecule has 4 nitrogen and oxygen atoms in total. The van der Waals surface area contributed by atoms with Gasteiger partial charge in [0.15, 0.2) is 0 Å². The lowest BCUT2D eigenvalue weighted by atomic mass is 9.94. The molecule has 0 aliphatic carbocycles. The van der Waals surface area contributed by atoms with Crippen molar-refractivity contribution in [1.82, 2.24) is 4.98 Å². The number of methoxy groups -OCH3 is 1. The van der Waals surface area contributed by atoms with Gasteiger partial charge >= 0.3 is 5.97 Å². The maximum Gasteiger partial charge on any atom is 0.307 e. The molecule has 0 amide bonds. The Morgan fingerprint density at radius 1 is 1.15 bits per heavy atom. The number of nitrogens with zero attached hydrogens (tertiary/aromatic N) is 1. The number of aliphatic carboxylic acids is 1. The van der Waals surface area contributed by atoms with Gasteiger partial charge in [-0.05, 0) is 18.1 Å². The van der Waals surface area contributed by atoms with Gasteiger partial charge in [0.2, 0.25) is 5.88 Å². The van der Waals surface area contributed by atoms with Crippen LogP contribution in [0.5, 0.6) is 5.88 Å². The molecule has 1 N–H and O–H groups in total. The van der Waals surface area contributed by atoms with Crippen LogP contribution in [0.4, 0.5) is 0 Å². The minimum atomic E-state index is -0.807. The Morgan fingerprint density at radius 3 is 2.55 bits per heavy atom. The van der Waals surface area contributed by atoms with Crippen molar-refractivity contribution >= 4 is 5.97 Å². The van der Waals surface area contributed by atoms with Crippen molar-refractivity contribution in [3.63, 3.8) is 0 Å². The van der Waals surface area contributed by atoms with E-state index in [0.29, 0.717) is 18.7 Å². The molecule has 4 heteroatoms. The summed E-state index contributed by atoms with van der Waals surface area (Å²) in [7, 11) is 1.55. The Balaban J connectivity index is 2.11. The molecule has 2 rings (SSSR count). The summed E-state index contributed by atoms with van der Waals surface area (Å²) in [5, 5.41) is 9.36. The molecule has 0 fully saturated rings. The van der Waals surface area contributed by atoms with E-state index < -0.39 is 11.9 Å². The molecule has 1 aromatic heterocycles. The number of benzene rings is 1. The molecule has 0 radical (unpaired) electrons. The lowest BCUT2D eigenvalue weighted by Crippen LogP contribution is -2.19. The van der Waals surface area contributed by atoms with Crippen molar-refractivity contribution in [1.29, 1.82) is 0 Å². The second-order valence-electron chi connectivity index (χ2n) is 4.60. The molecule has 1 heterocycles. The number of carboxylic acid groups (broad SMARTS) is 1. The van der Waals surface area contributed by atoms with E-state index in [2.05, 4.69) is 4.98 Å². The van der Waals surface area contributed by atoms with Gasteiger partial charge in [-0.25, -0.2) is 4.98 Å². The SMILES string of the molecule is COc1cccc(CC(Cc2ccccc2)C(=O)O)n1. The van der Waals surface area contributed by atoms with Gasteiger partial charge < -0.3 is 9.84 Å². The zero-order valence-corrected chi connectivity index (χ0v) is 11.3. The molecule has 0 saturated carbocycles. The monoisotopic (exact) mass is 271 g/mol. The molecule has 104 valence electrons. The molecule has 0 aliphatic heterocycles. The quantitative estimate of drug-likeness (QED) is 0.877. The standard InChI is InChI=1S/C16H17NO3/c1-20-15-9-5-8-14(17-15)11-13(16(18)19)10-12-6-3-2-4-7-12/h2-9,13H,10-11H2,1H3,(H,18,19). The summed E-state index contributed by atoms with van der Waals surface area (Å²) >= 11 is 0. The highest BCUT2D eigenvalue weighted by atomic mass is 16.5. The van der Waals surface area contributed by atoms with Crippen molar-refractivity contribution in [3.05, 3.63) is 59.8 Å². The van der Waals surface area contributed by atoms with E-state index in [1.54, 1.807) is 13.2 Å². The van der Waals surface area contributed by atoms with Crippen LogP contribution in [0.25, 0.3) is 0 Å².